The lowest BCUT2D eigenvalue weighted by molar-refractivity contribution is 0.769. The number of nitrogens with zero attached hydrogens (tertiary/aromatic N) is 3. The lowest BCUT2D eigenvalue weighted by atomic mass is 9.67. The number of fused-ring (bicyclic) bond motifs is 5. The summed E-state index contributed by atoms with van der Waals surface area (Å²) in [6.45, 7) is 0. The van der Waals surface area contributed by atoms with Crippen LogP contribution in [0, 0.1) is 0 Å². The molecule has 12 rings (SSSR count). The van der Waals surface area contributed by atoms with Gasteiger partial charge in [0.1, 0.15) is 0 Å². The largest absolute Gasteiger partial charge is 0.208 e. The quantitative estimate of drug-likeness (QED) is 0.161. The average Bonchev–Trinajstić information content (AvgIpc) is 3.67. The molecule has 1 heterocycles. The predicted molar refractivity (Wildman–Crippen MR) is 259 cm³/mol. The van der Waals surface area contributed by atoms with E-state index < -0.39 is 5.41 Å². The molecule has 0 radical (unpaired) electrons. The van der Waals surface area contributed by atoms with Crippen LogP contribution in [0.25, 0.3) is 89.1 Å². The van der Waals surface area contributed by atoms with Crippen LogP contribution in [0.5, 0.6) is 0 Å². The van der Waals surface area contributed by atoms with Gasteiger partial charge in [-0.1, -0.05) is 200 Å². The Kier molecular flexibility index (Phi) is 8.72. The lowest BCUT2D eigenvalue weighted by Crippen LogP contribution is -2.28. The summed E-state index contributed by atoms with van der Waals surface area (Å²) in [5.74, 6) is 1.88. The fraction of sp³-hybridized carbons (Fsp3) is 0.0167. The van der Waals surface area contributed by atoms with Gasteiger partial charge in [-0.05, 0) is 114 Å². The summed E-state index contributed by atoms with van der Waals surface area (Å²) in [7, 11) is 0. The van der Waals surface area contributed by atoms with E-state index in [1.165, 1.54) is 49.5 Å². The highest BCUT2D eigenvalue weighted by Gasteiger charge is 2.46. The first-order valence-electron chi connectivity index (χ1n) is 21.5. The smallest absolute Gasteiger partial charge is 0.164 e. The van der Waals surface area contributed by atoms with Crippen LogP contribution in [0.3, 0.4) is 0 Å². The molecule has 0 saturated carbocycles. The number of benzene rings is 10. The maximum absolute atomic E-state index is 5.29. The highest BCUT2D eigenvalue weighted by molar-refractivity contribution is 5.92. The molecular weight excluding hydrogens is 763 g/mol. The summed E-state index contributed by atoms with van der Waals surface area (Å²) in [6, 6.07) is 85.1. The molecule has 3 heteroatoms. The van der Waals surface area contributed by atoms with Crippen molar-refractivity contribution in [3.63, 3.8) is 0 Å². The van der Waals surface area contributed by atoms with Crippen LogP contribution in [0.1, 0.15) is 22.3 Å². The molecule has 0 fully saturated rings. The van der Waals surface area contributed by atoms with Gasteiger partial charge in [-0.2, -0.15) is 0 Å². The van der Waals surface area contributed by atoms with Crippen LogP contribution in [0.4, 0.5) is 0 Å². The van der Waals surface area contributed by atoms with Gasteiger partial charge in [0.05, 0.1) is 5.41 Å². The molecular formula is C60H39N3. The number of aromatic nitrogens is 3. The Balaban J connectivity index is 1.10. The second kappa shape index (κ2) is 15.0. The van der Waals surface area contributed by atoms with Gasteiger partial charge in [-0.25, -0.2) is 15.0 Å². The SMILES string of the molecule is c1ccc(-c2nc(-c3cc(-c4ccc5c(c4)C(c4ccccc4)(c4ccccc4)c4ccccc4-5)cc(-c4ccc5ccccc5c4)c3)nc(-c3ccc4ccccc4c3)n2)cc1. The van der Waals surface area contributed by atoms with Gasteiger partial charge in [0.2, 0.25) is 0 Å². The normalized spacial score (nSPS) is 12.6. The minimum Gasteiger partial charge on any atom is -0.208 e. The Labute approximate surface area is 366 Å². The van der Waals surface area contributed by atoms with Crippen molar-refractivity contribution < 1.29 is 0 Å². The molecule has 294 valence electrons. The maximum Gasteiger partial charge on any atom is 0.164 e. The molecule has 3 nitrogen and oxygen atoms in total. The van der Waals surface area contributed by atoms with E-state index in [0.29, 0.717) is 17.5 Å². The molecule has 63 heavy (non-hydrogen) atoms. The summed E-state index contributed by atoms with van der Waals surface area (Å²) in [6.07, 6.45) is 0. The van der Waals surface area contributed by atoms with Crippen molar-refractivity contribution in [1.82, 2.24) is 15.0 Å². The third-order valence-electron chi connectivity index (χ3n) is 12.7. The number of rotatable bonds is 7. The number of hydrogen-bond donors (Lipinski definition) is 0. The Morgan fingerprint density at radius 1 is 0.238 bits per heavy atom. The van der Waals surface area contributed by atoms with Crippen LogP contribution in [0.2, 0.25) is 0 Å². The van der Waals surface area contributed by atoms with Crippen LogP contribution < -0.4 is 0 Å². The molecule has 0 saturated heterocycles. The van der Waals surface area contributed by atoms with Crippen LogP contribution in [-0.4, -0.2) is 15.0 Å². The van der Waals surface area contributed by atoms with E-state index >= 15 is 0 Å². The fourth-order valence-corrected chi connectivity index (χ4v) is 9.76. The van der Waals surface area contributed by atoms with Crippen LogP contribution in [-0.2, 0) is 5.41 Å². The molecule has 0 amide bonds. The highest BCUT2D eigenvalue weighted by atomic mass is 15.0. The molecule has 0 spiro atoms. The van der Waals surface area contributed by atoms with E-state index in [0.717, 1.165) is 44.3 Å². The molecule has 0 atom stereocenters. The van der Waals surface area contributed by atoms with Gasteiger partial charge in [0.15, 0.2) is 17.5 Å². The minimum atomic E-state index is -0.517. The van der Waals surface area contributed by atoms with E-state index in [-0.39, 0.29) is 0 Å². The third kappa shape index (κ3) is 6.25. The van der Waals surface area contributed by atoms with Gasteiger partial charge in [-0.15, -0.1) is 0 Å². The molecule has 1 aromatic heterocycles. The van der Waals surface area contributed by atoms with E-state index in [4.69, 9.17) is 15.0 Å². The number of hydrogen-bond acceptors (Lipinski definition) is 3. The topological polar surface area (TPSA) is 38.7 Å². The summed E-state index contributed by atoms with van der Waals surface area (Å²) in [5, 5.41) is 4.71. The second-order valence-electron chi connectivity index (χ2n) is 16.4. The van der Waals surface area contributed by atoms with Crippen molar-refractivity contribution in [1.29, 1.82) is 0 Å². The Hall–Kier alpha value is -8.27. The zero-order valence-corrected chi connectivity index (χ0v) is 34.4. The second-order valence-corrected chi connectivity index (χ2v) is 16.4. The van der Waals surface area contributed by atoms with E-state index in [9.17, 15) is 0 Å². The zero-order valence-electron chi connectivity index (χ0n) is 34.4. The van der Waals surface area contributed by atoms with Crippen LogP contribution >= 0.6 is 0 Å². The molecule has 10 aromatic carbocycles. The highest BCUT2D eigenvalue weighted by Crippen LogP contribution is 2.56. The summed E-state index contributed by atoms with van der Waals surface area (Å²) in [5.41, 5.74) is 14.2. The molecule has 0 bridgehead atoms. The molecule has 0 aliphatic heterocycles. The zero-order chi connectivity index (χ0) is 41.7. The Morgan fingerprint density at radius 3 is 1.30 bits per heavy atom. The maximum atomic E-state index is 5.29. The first-order valence-corrected chi connectivity index (χ1v) is 21.5. The standard InChI is InChI=1S/C60H39N3/c1-4-18-42(19-5-1)57-61-58(47-31-29-41-17-11-13-21-44(41)35-47)63-59(62-57)50-37-48(45-30-28-40-16-10-12-20-43(40)34-45)36-49(38-50)46-32-33-54-53-26-14-15-27-55(53)60(56(54)39-46,51-22-6-2-7-23-51)52-24-8-3-9-25-52/h1-39H. The van der Waals surface area contributed by atoms with Crippen molar-refractivity contribution in [3.05, 3.63) is 259 Å². The van der Waals surface area contributed by atoms with Crippen molar-refractivity contribution in [2.75, 3.05) is 0 Å². The van der Waals surface area contributed by atoms with Crippen LogP contribution in [0.15, 0.2) is 237 Å². The molecule has 0 unspecified atom stereocenters. The molecule has 1 aliphatic carbocycles. The first kappa shape index (κ1) is 36.6. The van der Waals surface area contributed by atoms with Gasteiger partial charge in [0, 0.05) is 16.7 Å². The van der Waals surface area contributed by atoms with E-state index in [2.05, 4.69) is 218 Å². The fourth-order valence-electron chi connectivity index (χ4n) is 9.76. The van der Waals surface area contributed by atoms with Crippen molar-refractivity contribution in [2.24, 2.45) is 0 Å². The van der Waals surface area contributed by atoms with Gasteiger partial charge >= 0.3 is 0 Å². The minimum absolute atomic E-state index is 0.517. The Bertz CT molecular complexity index is 3470. The van der Waals surface area contributed by atoms with Gasteiger partial charge in [-0.3, -0.25) is 0 Å². The Morgan fingerprint density at radius 2 is 0.667 bits per heavy atom. The van der Waals surface area contributed by atoms with Gasteiger partial charge in [0.25, 0.3) is 0 Å². The van der Waals surface area contributed by atoms with E-state index in [1.54, 1.807) is 0 Å². The van der Waals surface area contributed by atoms with Gasteiger partial charge < -0.3 is 0 Å². The van der Waals surface area contributed by atoms with Crippen molar-refractivity contribution in [3.8, 4) is 67.5 Å². The lowest BCUT2D eigenvalue weighted by Gasteiger charge is -2.34. The summed E-state index contributed by atoms with van der Waals surface area (Å²) >= 11 is 0. The summed E-state index contributed by atoms with van der Waals surface area (Å²) in [4.78, 5) is 15.6. The monoisotopic (exact) mass is 801 g/mol. The summed E-state index contributed by atoms with van der Waals surface area (Å²) < 4.78 is 0. The predicted octanol–water partition coefficient (Wildman–Crippen LogP) is 14.9. The first-order chi connectivity index (χ1) is 31.2. The van der Waals surface area contributed by atoms with Crippen molar-refractivity contribution >= 4 is 21.5 Å². The molecule has 1 aliphatic rings. The average molecular weight is 802 g/mol. The molecule has 11 aromatic rings. The molecule has 0 N–H and O–H groups in total. The van der Waals surface area contributed by atoms with E-state index in [1.807, 2.05) is 18.2 Å². The third-order valence-corrected chi connectivity index (χ3v) is 12.7. The van der Waals surface area contributed by atoms with Crippen molar-refractivity contribution in [2.45, 2.75) is 5.41 Å².